The van der Waals surface area contributed by atoms with Crippen LogP contribution in [0.25, 0.3) is 0 Å². The van der Waals surface area contributed by atoms with E-state index in [2.05, 4.69) is 55.6 Å². The third-order valence-electron chi connectivity index (χ3n) is 15.5. The first kappa shape index (κ1) is 72.1. The largest absolute Gasteiger partial charge is 0.394 e. The molecule has 1 amide bonds. The van der Waals surface area contributed by atoms with Crippen molar-refractivity contribution >= 4 is 5.91 Å². The van der Waals surface area contributed by atoms with Crippen molar-refractivity contribution in [1.29, 1.82) is 0 Å². The van der Waals surface area contributed by atoms with Crippen LogP contribution in [0.15, 0.2) is 48.6 Å². The summed E-state index contributed by atoms with van der Waals surface area (Å²) in [5.41, 5.74) is 0. The fourth-order valence-corrected chi connectivity index (χ4v) is 10.3. The molecular weight excluding hydrogens is 991 g/mol. The second-order valence-corrected chi connectivity index (χ2v) is 22.5. The first-order chi connectivity index (χ1) is 38.1. The van der Waals surface area contributed by atoms with Gasteiger partial charge in [-0.25, -0.2) is 0 Å². The Morgan fingerprint density at radius 1 is 0.449 bits per heavy atom. The van der Waals surface area contributed by atoms with E-state index in [-0.39, 0.29) is 18.9 Å². The first-order valence-electron chi connectivity index (χ1n) is 31.9. The standard InChI is InChI=1S/C64H117NO13/c1-3-5-7-9-11-13-15-17-19-20-21-22-23-24-25-26-27-28-29-30-31-32-34-36-38-40-42-44-46-48-56(69)65-52(53(68)47-45-43-41-39-37-35-33-18-16-14-12-10-8-6-4-2)51-75-63-61(74)59(72)62(55(50-67)77-63)78-64-60(73)58(71)57(70)54(49-66)76-64/h16,18,20-21,37,39,45,47,52-55,57-64,66-68,70-74H,3-15,17,19,22-36,38,40-44,46,48-51H2,1-2H3,(H,65,69)/b18-16+,21-20-,39-37+,47-45+. The van der Waals surface area contributed by atoms with E-state index < -0.39 is 86.8 Å². The molecule has 456 valence electrons. The number of allylic oxidation sites excluding steroid dienone is 7. The van der Waals surface area contributed by atoms with E-state index in [1.165, 1.54) is 180 Å². The Morgan fingerprint density at radius 2 is 0.821 bits per heavy atom. The van der Waals surface area contributed by atoms with Gasteiger partial charge in [0.15, 0.2) is 12.6 Å². The number of unbranched alkanes of at least 4 members (excludes halogenated alkanes) is 32. The molecule has 78 heavy (non-hydrogen) atoms. The van der Waals surface area contributed by atoms with Gasteiger partial charge in [0, 0.05) is 6.42 Å². The molecular formula is C64H117NO13. The van der Waals surface area contributed by atoms with Crippen molar-refractivity contribution in [3.63, 3.8) is 0 Å². The molecule has 2 aliphatic heterocycles. The molecule has 0 aromatic heterocycles. The maximum absolute atomic E-state index is 13.3. The van der Waals surface area contributed by atoms with Gasteiger partial charge in [-0.3, -0.25) is 4.79 Å². The minimum absolute atomic E-state index is 0.251. The zero-order chi connectivity index (χ0) is 56.7. The molecule has 12 atom stereocenters. The van der Waals surface area contributed by atoms with Crippen LogP contribution in [0.5, 0.6) is 0 Å². The predicted molar refractivity (Wildman–Crippen MR) is 314 cm³/mol. The van der Waals surface area contributed by atoms with Crippen molar-refractivity contribution in [2.75, 3.05) is 19.8 Å². The summed E-state index contributed by atoms with van der Waals surface area (Å²) < 4.78 is 22.8. The Morgan fingerprint density at radius 3 is 1.26 bits per heavy atom. The molecule has 2 fully saturated rings. The number of hydrogen-bond acceptors (Lipinski definition) is 13. The molecule has 0 radical (unpaired) electrons. The van der Waals surface area contributed by atoms with Gasteiger partial charge < -0.3 is 65.1 Å². The number of carbonyl (C=O) groups is 1. The lowest BCUT2D eigenvalue weighted by atomic mass is 9.97. The molecule has 2 rings (SSSR count). The number of carbonyl (C=O) groups excluding carboxylic acids is 1. The Hall–Kier alpha value is -2.05. The SMILES string of the molecule is CCCCCCC/C=C/CC/C=C/CC/C=C/C(O)C(COC1OC(CO)C(OC2OC(CO)C(O)C(O)C2O)C(O)C1O)NC(=O)CCCCCCCCCCCCCCCCCCC/C=C\CCCCCCCCCC. The first-order valence-corrected chi connectivity index (χ1v) is 31.9. The van der Waals surface area contributed by atoms with Crippen LogP contribution >= 0.6 is 0 Å². The average Bonchev–Trinajstić information content (AvgIpc) is 3.48. The lowest BCUT2D eigenvalue weighted by Crippen LogP contribution is -2.65. The molecule has 0 spiro atoms. The molecule has 0 aromatic carbocycles. The van der Waals surface area contributed by atoms with Crippen LogP contribution in [0.2, 0.25) is 0 Å². The van der Waals surface area contributed by atoms with Crippen LogP contribution in [0.1, 0.15) is 258 Å². The number of aliphatic hydroxyl groups is 8. The zero-order valence-corrected chi connectivity index (χ0v) is 49.2. The van der Waals surface area contributed by atoms with Crippen molar-refractivity contribution < 1.29 is 64.6 Å². The van der Waals surface area contributed by atoms with Gasteiger partial charge in [0.2, 0.25) is 5.91 Å². The lowest BCUT2D eigenvalue weighted by molar-refractivity contribution is -0.359. The van der Waals surface area contributed by atoms with Gasteiger partial charge in [-0.1, -0.05) is 229 Å². The summed E-state index contributed by atoms with van der Waals surface area (Å²) in [5.74, 6) is -0.251. The van der Waals surface area contributed by atoms with Crippen LogP contribution < -0.4 is 5.32 Å². The Bertz CT molecular complexity index is 1490. The predicted octanol–water partition coefficient (Wildman–Crippen LogP) is 11.6. The number of rotatable bonds is 51. The zero-order valence-electron chi connectivity index (χ0n) is 49.2. The lowest BCUT2D eigenvalue weighted by Gasteiger charge is -2.46. The molecule has 0 aliphatic carbocycles. The molecule has 2 aliphatic rings. The average molecular weight is 1110 g/mol. The molecule has 14 heteroatoms. The minimum atomic E-state index is -1.79. The number of aliphatic hydroxyl groups excluding tert-OH is 8. The molecule has 9 N–H and O–H groups in total. The number of nitrogens with one attached hydrogen (secondary N) is 1. The fraction of sp³-hybridized carbons (Fsp3) is 0.859. The quantitative estimate of drug-likeness (QED) is 0.0204. The summed E-state index contributed by atoms with van der Waals surface area (Å²) in [6.07, 6.45) is 46.0. The van der Waals surface area contributed by atoms with Crippen molar-refractivity contribution in [1.82, 2.24) is 5.32 Å². The van der Waals surface area contributed by atoms with Crippen LogP contribution in [0, 0.1) is 0 Å². The smallest absolute Gasteiger partial charge is 0.220 e. The summed E-state index contributed by atoms with van der Waals surface area (Å²) in [5, 5.41) is 87.1. The van der Waals surface area contributed by atoms with Gasteiger partial charge in [-0.15, -0.1) is 0 Å². The van der Waals surface area contributed by atoms with Gasteiger partial charge in [0.25, 0.3) is 0 Å². The van der Waals surface area contributed by atoms with E-state index in [1.54, 1.807) is 6.08 Å². The van der Waals surface area contributed by atoms with E-state index in [9.17, 15) is 45.6 Å². The van der Waals surface area contributed by atoms with Crippen LogP contribution in [-0.2, 0) is 23.7 Å². The third-order valence-corrected chi connectivity index (χ3v) is 15.5. The molecule has 0 aromatic rings. The van der Waals surface area contributed by atoms with E-state index >= 15 is 0 Å². The van der Waals surface area contributed by atoms with E-state index in [0.717, 1.165) is 44.9 Å². The number of hydrogen-bond donors (Lipinski definition) is 9. The van der Waals surface area contributed by atoms with Crippen molar-refractivity contribution in [3.05, 3.63) is 48.6 Å². The normalized spacial score (nSPS) is 24.8. The maximum atomic E-state index is 13.3. The van der Waals surface area contributed by atoms with Crippen molar-refractivity contribution in [2.24, 2.45) is 0 Å². The topological polar surface area (TPSA) is 228 Å². The minimum Gasteiger partial charge on any atom is -0.394 e. The number of ether oxygens (including phenoxy) is 4. The fourth-order valence-electron chi connectivity index (χ4n) is 10.3. The highest BCUT2D eigenvalue weighted by Gasteiger charge is 2.51. The van der Waals surface area contributed by atoms with Gasteiger partial charge in [-0.2, -0.15) is 0 Å². The highest BCUT2D eigenvalue weighted by atomic mass is 16.7. The molecule has 0 bridgehead atoms. The van der Waals surface area contributed by atoms with Crippen molar-refractivity contribution in [3.8, 4) is 0 Å². The summed E-state index contributed by atoms with van der Waals surface area (Å²) in [6, 6.07) is -0.937. The summed E-state index contributed by atoms with van der Waals surface area (Å²) in [4.78, 5) is 13.3. The monoisotopic (exact) mass is 1110 g/mol. The molecule has 14 nitrogen and oxygen atoms in total. The highest BCUT2D eigenvalue weighted by molar-refractivity contribution is 5.76. The third kappa shape index (κ3) is 34.4. The molecule has 12 unspecified atom stereocenters. The van der Waals surface area contributed by atoms with E-state index in [1.807, 2.05) is 6.08 Å². The van der Waals surface area contributed by atoms with Crippen LogP contribution in [-0.4, -0.2) is 140 Å². The van der Waals surface area contributed by atoms with Crippen LogP contribution in [0.4, 0.5) is 0 Å². The Balaban J connectivity index is 1.69. The van der Waals surface area contributed by atoms with Crippen LogP contribution in [0.3, 0.4) is 0 Å². The molecule has 0 saturated carbocycles. The molecule has 2 saturated heterocycles. The highest BCUT2D eigenvalue weighted by Crippen LogP contribution is 2.30. The summed E-state index contributed by atoms with van der Waals surface area (Å²) in [6.45, 7) is 2.77. The van der Waals surface area contributed by atoms with Gasteiger partial charge in [0.1, 0.15) is 48.8 Å². The Labute approximate surface area is 473 Å². The van der Waals surface area contributed by atoms with Gasteiger partial charge in [-0.05, 0) is 70.6 Å². The second-order valence-electron chi connectivity index (χ2n) is 22.5. The van der Waals surface area contributed by atoms with E-state index in [4.69, 9.17) is 18.9 Å². The maximum Gasteiger partial charge on any atom is 0.220 e. The molecule has 2 heterocycles. The van der Waals surface area contributed by atoms with Gasteiger partial charge >= 0.3 is 0 Å². The van der Waals surface area contributed by atoms with Gasteiger partial charge in [0.05, 0.1) is 32.0 Å². The summed E-state index contributed by atoms with van der Waals surface area (Å²) in [7, 11) is 0. The van der Waals surface area contributed by atoms with Crippen molar-refractivity contribution in [2.45, 2.75) is 331 Å². The number of amides is 1. The van der Waals surface area contributed by atoms with E-state index in [0.29, 0.717) is 12.8 Å². The second kappa shape index (κ2) is 49.5. The Kier molecular flexibility index (Phi) is 45.8. The summed E-state index contributed by atoms with van der Waals surface area (Å²) >= 11 is 0.